The predicted molar refractivity (Wildman–Crippen MR) is 83.6 cm³/mol. The minimum absolute atomic E-state index is 0.408. The Bertz CT molecular complexity index is 753. The molecule has 1 aromatic carbocycles. The molecule has 0 spiro atoms. The van der Waals surface area contributed by atoms with Crippen molar-refractivity contribution in [3.63, 3.8) is 0 Å². The second kappa shape index (κ2) is 4.56. The zero-order valence-corrected chi connectivity index (χ0v) is 12.1. The topological polar surface area (TPSA) is 37.8 Å². The Labute approximate surface area is 121 Å². The van der Waals surface area contributed by atoms with E-state index in [2.05, 4.69) is 41.0 Å². The maximum atomic E-state index is 4.78. The van der Waals surface area contributed by atoms with E-state index < -0.39 is 0 Å². The molecular formula is C16H15N3S. The first kappa shape index (κ1) is 11.9. The molecule has 3 aromatic rings. The lowest BCUT2D eigenvalue weighted by Gasteiger charge is -2.10. The summed E-state index contributed by atoms with van der Waals surface area (Å²) in [6.07, 6.45) is 2.10. The number of aromatic nitrogens is 2. The highest BCUT2D eigenvalue weighted by molar-refractivity contribution is 7.16. The van der Waals surface area contributed by atoms with Gasteiger partial charge < -0.3 is 5.32 Å². The van der Waals surface area contributed by atoms with Crippen molar-refractivity contribution in [2.24, 2.45) is 0 Å². The highest BCUT2D eigenvalue weighted by Gasteiger charge is 2.25. The summed E-state index contributed by atoms with van der Waals surface area (Å²) in [5.74, 6) is 2.33. The first-order chi connectivity index (χ1) is 9.85. The molecule has 1 N–H and O–H groups in total. The van der Waals surface area contributed by atoms with Crippen LogP contribution in [-0.2, 0) is 12.8 Å². The molecular weight excluding hydrogens is 266 g/mol. The number of nitrogens with one attached hydrogen (secondary N) is 1. The monoisotopic (exact) mass is 281 g/mol. The molecule has 0 saturated heterocycles. The Hall–Kier alpha value is -1.94. The molecule has 0 fully saturated rings. The van der Waals surface area contributed by atoms with Crippen molar-refractivity contribution in [2.75, 3.05) is 12.4 Å². The molecule has 2 aromatic heterocycles. The standard InChI is InChI=1S/C16H15N3S/c1-17-15-13-6-7-20-16(13)19-14(18-15)12-8-10-4-2-3-5-11(10)9-12/h2-7,12H,8-9H2,1H3,(H,17,18,19). The number of nitrogens with zero attached hydrogens (tertiary/aromatic N) is 2. The molecule has 0 bridgehead atoms. The molecule has 3 nitrogen and oxygen atoms in total. The van der Waals surface area contributed by atoms with Gasteiger partial charge in [0, 0.05) is 13.0 Å². The van der Waals surface area contributed by atoms with E-state index in [-0.39, 0.29) is 0 Å². The van der Waals surface area contributed by atoms with Gasteiger partial charge in [0.1, 0.15) is 16.5 Å². The highest BCUT2D eigenvalue weighted by atomic mass is 32.1. The molecule has 2 heterocycles. The molecule has 0 unspecified atom stereocenters. The van der Waals surface area contributed by atoms with Gasteiger partial charge in [0.05, 0.1) is 5.39 Å². The number of benzene rings is 1. The molecule has 0 radical (unpaired) electrons. The molecule has 20 heavy (non-hydrogen) atoms. The van der Waals surface area contributed by atoms with Gasteiger partial charge >= 0.3 is 0 Å². The maximum absolute atomic E-state index is 4.78. The van der Waals surface area contributed by atoms with Gasteiger partial charge in [0.15, 0.2) is 0 Å². The van der Waals surface area contributed by atoms with Crippen molar-refractivity contribution in [3.8, 4) is 0 Å². The summed E-state index contributed by atoms with van der Waals surface area (Å²) in [7, 11) is 1.92. The van der Waals surface area contributed by atoms with Crippen molar-refractivity contribution < 1.29 is 0 Å². The minimum atomic E-state index is 0.408. The number of rotatable bonds is 2. The molecule has 1 aliphatic rings. The van der Waals surface area contributed by atoms with Crippen molar-refractivity contribution in [1.29, 1.82) is 0 Å². The third-order valence-electron chi connectivity index (χ3n) is 4.00. The van der Waals surface area contributed by atoms with Crippen LogP contribution < -0.4 is 5.32 Å². The van der Waals surface area contributed by atoms with Crippen LogP contribution in [0.1, 0.15) is 22.9 Å². The van der Waals surface area contributed by atoms with Gasteiger partial charge in [-0.3, -0.25) is 0 Å². The fraction of sp³-hybridized carbons (Fsp3) is 0.250. The molecule has 0 amide bonds. The van der Waals surface area contributed by atoms with Crippen molar-refractivity contribution in [1.82, 2.24) is 9.97 Å². The Morgan fingerprint density at radius 2 is 1.85 bits per heavy atom. The van der Waals surface area contributed by atoms with E-state index in [0.717, 1.165) is 34.7 Å². The van der Waals surface area contributed by atoms with Gasteiger partial charge in [-0.05, 0) is 35.4 Å². The van der Waals surface area contributed by atoms with Crippen LogP contribution in [-0.4, -0.2) is 17.0 Å². The molecule has 0 atom stereocenters. The summed E-state index contributed by atoms with van der Waals surface area (Å²) < 4.78 is 0. The summed E-state index contributed by atoms with van der Waals surface area (Å²) in [6.45, 7) is 0. The van der Waals surface area contributed by atoms with E-state index in [0.29, 0.717) is 5.92 Å². The number of thiophene rings is 1. The maximum Gasteiger partial charge on any atom is 0.138 e. The molecule has 100 valence electrons. The van der Waals surface area contributed by atoms with Crippen LogP contribution in [0.3, 0.4) is 0 Å². The van der Waals surface area contributed by atoms with Crippen LogP contribution in [0.4, 0.5) is 5.82 Å². The van der Waals surface area contributed by atoms with Gasteiger partial charge in [-0.2, -0.15) is 0 Å². The second-order valence-electron chi connectivity index (χ2n) is 5.19. The number of fused-ring (bicyclic) bond motifs is 2. The summed E-state index contributed by atoms with van der Waals surface area (Å²) >= 11 is 1.68. The molecule has 4 rings (SSSR count). The molecule has 4 heteroatoms. The number of hydrogen-bond acceptors (Lipinski definition) is 4. The summed E-state index contributed by atoms with van der Waals surface area (Å²) in [4.78, 5) is 10.6. The Kier molecular flexibility index (Phi) is 2.70. The molecule has 0 aliphatic heterocycles. The predicted octanol–water partition coefficient (Wildman–Crippen LogP) is 3.62. The van der Waals surface area contributed by atoms with Crippen LogP contribution >= 0.6 is 11.3 Å². The number of hydrogen-bond donors (Lipinski definition) is 1. The first-order valence-electron chi connectivity index (χ1n) is 6.85. The number of anilines is 1. The van der Waals surface area contributed by atoms with Crippen molar-refractivity contribution in [2.45, 2.75) is 18.8 Å². The average Bonchev–Trinajstić information content (AvgIpc) is 3.12. The lowest BCUT2D eigenvalue weighted by Crippen LogP contribution is -2.06. The fourth-order valence-corrected chi connectivity index (χ4v) is 3.76. The van der Waals surface area contributed by atoms with E-state index in [4.69, 9.17) is 9.97 Å². The fourth-order valence-electron chi connectivity index (χ4n) is 2.99. The van der Waals surface area contributed by atoms with Gasteiger partial charge in [0.25, 0.3) is 0 Å². The lowest BCUT2D eigenvalue weighted by atomic mass is 10.1. The largest absolute Gasteiger partial charge is 0.372 e. The van der Waals surface area contributed by atoms with E-state index in [1.165, 1.54) is 11.1 Å². The summed E-state index contributed by atoms with van der Waals surface area (Å²) in [5, 5.41) is 6.40. The Balaban J connectivity index is 1.77. The van der Waals surface area contributed by atoms with Crippen LogP contribution in [0, 0.1) is 0 Å². The highest BCUT2D eigenvalue weighted by Crippen LogP contribution is 2.34. The Morgan fingerprint density at radius 1 is 1.10 bits per heavy atom. The average molecular weight is 281 g/mol. The molecule has 0 saturated carbocycles. The van der Waals surface area contributed by atoms with Gasteiger partial charge in [-0.1, -0.05) is 24.3 Å². The van der Waals surface area contributed by atoms with E-state index in [1.54, 1.807) is 11.3 Å². The van der Waals surface area contributed by atoms with Crippen LogP contribution in [0.5, 0.6) is 0 Å². The van der Waals surface area contributed by atoms with E-state index in [9.17, 15) is 0 Å². The summed E-state index contributed by atoms with van der Waals surface area (Å²) in [5.41, 5.74) is 2.89. The van der Waals surface area contributed by atoms with Crippen LogP contribution in [0.2, 0.25) is 0 Å². The quantitative estimate of drug-likeness (QED) is 0.779. The zero-order chi connectivity index (χ0) is 13.5. The van der Waals surface area contributed by atoms with E-state index >= 15 is 0 Å². The summed E-state index contributed by atoms with van der Waals surface area (Å²) in [6, 6.07) is 10.8. The zero-order valence-electron chi connectivity index (χ0n) is 11.3. The van der Waals surface area contributed by atoms with Gasteiger partial charge in [0.2, 0.25) is 0 Å². The van der Waals surface area contributed by atoms with Crippen LogP contribution in [0.15, 0.2) is 35.7 Å². The van der Waals surface area contributed by atoms with Gasteiger partial charge in [-0.25, -0.2) is 9.97 Å². The lowest BCUT2D eigenvalue weighted by molar-refractivity contribution is 0.689. The second-order valence-corrected chi connectivity index (χ2v) is 6.09. The third-order valence-corrected chi connectivity index (χ3v) is 4.80. The minimum Gasteiger partial charge on any atom is -0.372 e. The van der Waals surface area contributed by atoms with Gasteiger partial charge in [-0.15, -0.1) is 11.3 Å². The first-order valence-corrected chi connectivity index (χ1v) is 7.73. The molecule has 1 aliphatic carbocycles. The van der Waals surface area contributed by atoms with Crippen molar-refractivity contribution in [3.05, 3.63) is 52.7 Å². The smallest absolute Gasteiger partial charge is 0.138 e. The third kappa shape index (κ3) is 1.79. The van der Waals surface area contributed by atoms with Crippen molar-refractivity contribution >= 4 is 27.4 Å². The Morgan fingerprint density at radius 3 is 2.55 bits per heavy atom. The SMILES string of the molecule is CNc1nc(C2Cc3ccccc3C2)nc2sccc12. The van der Waals surface area contributed by atoms with Crippen LogP contribution in [0.25, 0.3) is 10.2 Å². The van der Waals surface area contributed by atoms with E-state index in [1.807, 2.05) is 7.05 Å². The normalized spacial score (nSPS) is 14.7.